The van der Waals surface area contributed by atoms with Crippen molar-refractivity contribution in [2.45, 2.75) is 18.2 Å². The number of aryl methyl sites for hydroxylation is 1. The van der Waals surface area contributed by atoms with E-state index in [1.807, 2.05) is 74.0 Å². The third-order valence-electron chi connectivity index (χ3n) is 5.59. The maximum Gasteiger partial charge on any atom is 0.267 e. The van der Waals surface area contributed by atoms with Crippen molar-refractivity contribution in [3.63, 3.8) is 0 Å². The zero-order chi connectivity index (χ0) is 23.9. The zero-order valence-electron chi connectivity index (χ0n) is 19.2. The standard InChI is InChI=1S/C28H27N3O2S/c1-19-7-11-21(12-8-19)27(32)31-26(17-20-9-13-23(34-2)14-10-20)28(33)29-16-15-22-18-30-25-6-4-3-5-24(22)25/h3-14,17-18,30H,15-16H2,1-2H3,(H,29,33)(H,31,32). The van der Waals surface area contributed by atoms with E-state index in [9.17, 15) is 9.59 Å². The number of aromatic nitrogens is 1. The molecular weight excluding hydrogens is 442 g/mol. The summed E-state index contributed by atoms with van der Waals surface area (Å²) in [4.78, 5) is 30.3. The van der Waals surface area contributed by atoms with E-state index in [2.05, 4.69) is 21.7 Å². The second kappa shape index (κ2) is 10.9. The molecular formula is C28H27N3O2S. The van der Waals surface area contributed by atoms with E-state index >= 15 is 0 Å². The molecule has 0 spiro atoms. The summed E-state index contributed by atoms with van der Waals surface area (Å²) in [6.07, 6.45) is 6.37. The number of fused-ring (bicyclic) bond motifs is 1. The fourth-order valence-corrected chi connectivity index (χ4v) is 4.08. The highest BCUT2D eigenvalue weighted by Crippen LogP contribution is 2.18. The highest BCUT2D eigenvalue weighted by molar-refractivity contribution is 7.98. The van der Waals surface area contributed by atoms with E-state index in [1.54, 1.807) is 30.0 Å². The number of carbonyl (C=O) groups is 2. The van der Waals surface area contributed by atoms with Gasteiger partial charge in [-0.25, -0.2) is 0 Å². The van der Waals surface area contributed by atoms with Gasteiger partial charge in [-0.3, -0.25) is 9.59 Å². The molecule has 3 aromatic carbocycles. The molecule has 0 unspecified atom stereocenters. The van der Waals surface area contributed by atoms with Crippen LogP contribution in [0.1, 0.15) is 27.0 Å². The van der Waals surface area contributed by atoms with Crippen LogP contribution < -0.4 is 10.6 Å². The number of amides is 2. The van der Waals surface area contributed by atoms with Gasteiger partial charge in [0.05, 0.1) is 0 Å². The number of hydrogen-bond donors (Lipinski definition) is 3. The lowest BCUT2D eigenvalue weighted by Gasteiger charge is -2.12. The predicted molar refractivity (Wildman–Crippen MR) is 140 cm³/mol. The molecule has 4 aromatic rings. The molecule has 0 fully saturated rings. The van der Waals surface area contributed by atoms with Crippen LogP contribution in [0.2, 0.25) is 0 Å². The van der Waals surface area contributed by atoms with E-state index in [0.717, 1.165) is 32.5 Å². The number of H-pyrrole nitrogens is 1. The first-order valence-corrected chi connectivity index (χ1v) is 12.3. The summed E-state index contributed by atoms with van der Waals surface area (Å²) in [5, 5.41) is 6.90. The summed E-state index contributed by atoms with van der Waals surface area (Å²) < 4.78 is 0. The molecule has 0 atom stereocenters. The van der Waals surface area contributed by atoms with Crippen molar-refractivity contribution in [2.24, 2.45) is 0 Å². The monoisotopic (exact) mass is 469 g/mol. The molecule has 0 radical (unpaired) electrons. The normalized spacial score (nSPS) is 11.4. The number of carbonyl (C=O) groups excluding carboxylic acids is 2. The lowest BCUT2D eigenvalue weighted by atomic mass is 10.1. The van der Waals surface area contributed by atoms with Crippen molar-refractivity contribution in [3.8, 4) is 0 Å². The molecule has 1 heterocycles. The van der Waals surface area contributed by atoms with Gasteiger partial charge in [0.15, 0.2) is 0 Å². The third kappa shape index (κ3) is 5.77. The second-order valence-electron chi connectivity index (χ2n) is 8.02. The van der Waals surface area contributed by atoms with Gasteiger partial charge in [-0.1, -0.05) is 48.0 Å². The van der Waals surface area contributed by atoms with Gasteiger partial charge in [-0.15, -0.1) is 11.8 Å². The van der Waals surface area contributed by atoms with Gasteiger partial charge in [-0.2, -0.15) is 0 Å². The summed E-state index contributed by atoms with van der Waals surface area (Å²) in [7, 11) is 0. The average Bonchev–Trinajstić information content (AvgIpc) is 3.27. The Morgan fingerprint density at radius 3 is 2.44 bits per heavy atom. The molecule has 3 N–H and O–H groups in total. The first-order valence-electron chi connectivity index (χ1n) is 11.1. The summed E-state index contributed by atoms with van der Waals surface area (Å²) in [6.45, 7) is 2.41. The van der Waals surface area contributed by atoms with Crippen LogP contribution in [0.25, 0.3) is 17.0 Å². The Morgan fingerprint density at radius 2 is 1.71 bits per heavy atom. The molecule has 5 nitrogen and oxygen atoms in total. The number of rotatable bonds is 8. The van der Waals surface area contributed by atoms with Crippen molar-refractivity contribution < 1.29 is 9.59 Å². The topological polar surface area (TPSA) is 74.0 Å². The Kier molecular flexibility index (Phi) is 7.50. The van der Waals surface area contributed by atoms with Crippen LogP contribution in [0.4, 0.5) is 0 Å². The van der Waals surface area contributed by atoms with Crippen molar-refractivity contribution in [1.82, 2.24) is 15.6 Å². The van der Waals surface area contributed by atoms with E-state index in [4.69, 9.17) is 0 Å². The number of thioether (sulfide) groups is 1. The summed E-state index contributed by atoms with van der Waals surface area (Å²) in [5.74, 6) is -0.645. The Morgan fingerprint density at radius 1 is 0.971 bits per heavy atom. The molecule has 0 aliphatic heterocycles. The Hall–Kier alpha value is -3.77. The number of nitrogens with one attached hydrogen (secondary N) is 3. The minimum atomic E-state index is -0.325. The lowest BCUT2D eigenvalue weighted by molar-refractivity contribution is -0.117. The van der Waals surface area contributed by atoms with E-state index in [1.165, 1.54) is 0 Å². The first kappa shape index (κ1) is 23.4. The lowest BCUT2D eigenvalue weighted by Crippen LogP contribution is -2.35. The molecule has 1 aromatic heterocycles. The summed E-state index contributed by atoms with van der Waals surface area (Å²) in [6, 6.07) is 23.2. The molecule has 0 bridgehead atoms. The van der Waals surface area contributed by atoms with E-state index < -0.39 is 0 Å². The zero-order valence-corrected chi connectivity index (χ0v) is 20.0. The number of aromatic amines is 1. The van der Waals surface area contributed by atoms with E-state index in [-0.39, 0.29) is 17.5 Å². The van der Waals surface area contributed by atoms with E-state index in [0.29, 0.717) is 18.5 Å². The average molecular weight is 470 g/mol. The van der Waals surface area contributed by atoms with Gasteiger partial charge >= 0.3 is 0 Å². The molecule has 0 aliphatic carbocycles. The van der Waals surface area contributed by atoms with Crippen molar-refractivity contribution in [1.29, 1.82) is 0 Å². The molecule has 4 rings (SSSR count). The van der Waals surface area contributed by atoms with Crippen molar-refractivity contribution in [3.05, 3.63) is 107 Å². The highest BCUT2D eigenvalue weighted by Gasteiger charge is 2.15. The molecule has 34 heavy (non-hydrogen) atoms. The number of benzene rings is 3. The first-order chi connectivity index (χ1) is 16.5. The number of para-hydroxylation sites is 1. The van der Waals surface area contributed by atoms with Gasteiger partial charge in [0.25, 0.3) is 11.8 Å². The van der Waals surface area contributed by atoms with Crippen LogP contribution in [0.5, 0.6) is 0 Å². The van der Waals surface area contributed by atoms with Gasteiger partial charge in [0, 0.05) is 34.1 Å². The van der Waals surface area contributed by atoms with Gasteiger partial charge < -0.3 is 15.6 Å². The minimum Gasteiger partial charge on any atom is -0.361 e. The number of hydrogen-bond acceptors (Lipinski definition) is 3. The van der Waals surface area contributed by atoms with Crippen molar-refractivity contribution in [2.75, 3.05) is 12.8 Å². The Balaban J connectivity index is 1.49. The van der Waals surface area contributed by atoms with Crippen LogP contribution in [0.15, 0.2) is 89.6 Å². The minimum absolute atomic E-state index is 0.210. The van der Waals surface area contributed by atoms with Crippen molar-refractivity contribution >= 4 is 40.6 Å². The second-order valence-corrected chi connectivity index (χ2v) is 8.90. The Bertz CT molecular complexity index is 1320. The molecule has 0 saturated carbocycles. The molecule has 0 saturated heterocycles. The largest absolute Gasteiger partial charge is 0.361 e. The molecule has 6 heteroatoms. The summed E-state index contributed by atoms with van der Waals surface area (Å²) in [5.41, 5.74) is 4.82. The quantitative estimate of drug-likeness (QED) is 0.241. The smallest absolute Gasteiger partial charge is 0.267 e. The highest BCUT2D eigenvalue weighted by atomic mass is 32.2. The third-order valence-corrected chi connectivity index (χ3v) is 6.33. The summed E-state index contributed by atoms with van der Waals surface area (Å²) >= 11 is 1.65. The van der Waals surface area contributed by atoms with Crippen LogP contribution in [-0.2, 0) is 11.2 Å². The molecule has 2 amide bonds. The van der Waals surface area contributed by atoms with Gasteiger partial charge in [0.1, 0.15) is 5.70 Å². The van der Waals surface area contributed by atoms with Crippen LogP contribution in [-0.4, -0.2) is 29.6 Å². The SMILES string of the molecule is CSc1ccc(C=C(NC(=O)c2ccc(C)cc2)C(=O)NCCc2c[nH]c3ccccc23)cc1. The van der Waals surface area contributed by atoms with Crippen LogP contribution >= 0.6 is 11.8 Å². The molecule has 172 valence electrons. The maximum atomic E-state index is 13.1. The van der Waals surface area contributed by atoms with Gasteiger partial charge in [-0.05, 0) is 67.1 Å². The van der Waals surface area contributed by atoms with Crippen LogP contribution in [0, 0.1) is 6.92 Å². The predicted octanol–water partition coefficient (Wildman–Crippen LogP) is 5.33. The maximum absolute atomic E-state index is 13.1. The fraction of sp³-hybridized carbons (Fsp3) is 0.143. The van der Waals surface area contributed by atoms with Crippen LogP contribution in [0.3, 0.4) is 0 Å². The fourth-order valence-electron chi connectivity index (χ4n) is 3.67. The molecule has 0 aliphatic rings. The van der Waals surface area contributed by atoms with Gasteiger partial charge in [0.2, 0.25) is 0 Å². The Labute approximate surface area is 203 Å².